The largest absolute Gasteiger partial charge is 0.477 e. The van der Waals surface area contributed by atoms with Crippen LogP contribution in [0.3, 0.4) is 0 Å². The zero-order valence-electron chi connectivity index (χ0n) is 9.10. The Morgan fingerprint density at radius 1 is 1.50 bits per heavy atom. The van der Waals surface area contributed by atoms with E-state index in [2.05, 4.69) is 6.58 Å². The number of nitrogens with zero attached hydrogens (tertiary/aromatic N) is 1. The molecule has 3 heteroatoms. The van der Waals surface area contributed by atoms with Crippen LogP contribution in [0.25, 0.3) is 10.9 Å². The van der Waals surface area contributed by atoms with Gasteiger partial charge in [0.05, 0.1) is 0 Å². The molecule has 2 rings (SSSR count). The molecule has 16 heavy (non-hydrogen) atoms. The third kappa shape index (κ3) is 1.41. The maximum Gasteiger partial charge on any atom is 0.352 e. The smallest absolute Gasteiger partial charge is 0.352 e. The molecule has 0 atom stereocenters. The second-order valence-electron chi connectivity index (χ2n) is 3.70. The SMILES string of the molecule is C=CCn1c(C(=O)O)c(C)c2ccccc21. The van der Waals surface area contributed by atoms with E-state index in [4.69, 9.17) is 0 Å². The Morgan fingerprint density at radius 2 is 2.19 bits per heavy atom. The van der Waals surface area contributed by atoms with Gasteiger partial charge in [-0.2, -0.15) is 0 Å². The number of hydrogen-bond acceptors (Lipinski definition) is 1. The lowest BCUT2D eigenvalue weighted by Gasteiger charge is -2.04. The first-order valence-electron chi connectivity index (χ1n) is 5.09. The number of allylic oxidation sites excluding steroid dienone is 1. The third-order valence-corrected chi connectivity index (χ3v) is 2.74. The Morgan fingerprint density at radius 3 is 2.81 bits per heavy atom. The molecule has 0 unspecified atom stereocenters. The fourth-order valence-electron chi connectivity index (χ4n) is 2.07. The van der Waals surface area contributed by atoms with E-state index in [1.807, 2.05) is 31.2 Å². The molecule has 0 amide bonds. The summed E-state index contributed by atoms with van der Waals surface area (Å²) in [5.41, 5.74) is 2.10. The number of rotatable bonds is 3. The van der Waals surface area contributed by atoms with Crippen LogP contribution in [0.4, 0.5) is 0 Å². The van der Waals surface area contributed by atoms with E-state index in [0.29, 0.717) is 12.2 Å². The molecule has 0 aliphatic carbocycles. The van der Waals surface area contributed by atoms with Crippen LogP contribution >= 0.6 is 0 Å². The average Bonchev–Trinajstić information content (AvgIpc) is 2.54. The van der Waals surface area contributed by atoms with Gasteiger partial charge >= 0.3 is 5.97 Å². The van der Waals surface area contributed by atoms with Crippen molar-refractivity contribution in [3.8, 4) is 0 Å². The molecule has 2 aromatic rings. The van der Waals surface area contributed by atoms with Crippen LogP contribution in [-0.4, -0.2) is 15.6 Å². The van der Waals surface area contributed by atoms with Crippen LogP contribution in [-0.2, 0) is 6.54 Å². The Balaban J connectivity index is 2.85. The first kappa shape index (κ1) is 10.5. The number of hydrogen-bond donors (Lipinski definition) is 1. The number of aromatic carboxylic acids is 1. The van der Waals surface area contributed by atoms with Gasteiger partial charge in [0.2, 0.25) is 0 Å². The van der Waals surface area contributed by atoms with Crippen molar-refractivity contribution in [3.63, 3.8) is 0 Å². The van der Waals surface area contributed by atoms with Gasteiger partial charge in [0.1, 0.15) is 5.69 Å². The Kier molecular flexibility index (Phi) is 2.52. The lowest BCUT2D eigenvalue weighted by atomic mass is 10.1. The van der Waals surface area contributed by atoms with Crippen LogP contribution in [0, 0.1) is 6.92 Å². The topological polar surface area (TPSA) is 42.2 Å². The molecule has 0 fully saturated rings. The van der Waals surface area contributed by atoms with Gasteiger partial charge in [-0.15, -0.1) is 6.58 Å². The van der Waals surface area contributed by atoms with Gasteiger partial charge in [-0.3, -0.25) is 0 Å². The molecule has 0 aliphatic heterocycles. The fraction of sp³-hybridized carbons (Fsp3) is 0.154. The van der Waals surface area contributed by atoms with Gasteiger partial charge in [0.25, 0.3) is 0 Å². The highest BCUT2D eigenvalue weighted by Crippen LogP contribution is 2.25. The summed E-state index contributed by atoms with van der Waals surface area (Å²) in [4.78, 5) is 11.2. The normalized spacial score (nSPS) is 10.6. The Labute approximate surface area is 93.6 Å². The van der Waals surface area contributed by atoms with Gasteiger partial charge in [-0.25, -0.2) is 4.79 Å². The Hall–Kier alpha value is -2.03. The maximum atomic E-state index is 11.2. The Bertz CT molecular complexity index is 567. The minimum Gasteiger partial charge on any atom is -0.477 e. The lowest BCUT2D eigenvalue weighted by Crippen LogP contribution is -2.08. The molecule has 0 radical (unpaired) electrons. The highest BCUT2D eigenvalue weighted by molar-refractivity contribution is 5.98. The van der Waals surface area contributed by atoms with Crippen LogP contribution in [0.1, 0.15) is 16.1 Å². The second kappa shape index (κ2) is 3.85. The summed E-state index contributed by atoms with van der Waals surface area (Å²) >= 11 is 0. The summed E-state index contributed by atoms with van der Waals surface area (Å²) in [6.45, 7) is 6.01. The van der Waals surface area contributed by atoms with E-state index >= 15 is 0 Å². The van der Waals surface area contributed by atoms with Crippen molar-refractivity contribution in [2.45, 2.75) is 13.5 Å². The molecule has 0 bridgehead atoms. The predicted octanol–water partition coefficient (Wildman–Crippen LogP) is 2.83. The second-order valence-corrected chi connectivity index (χ2v) is 3.70. The van der Waals surface area contributed by atoms with Gasteiger partial charge in [-0.1, -0.05) is 24.3 Å². The number of carboxylic acid groups (broad SMARTS) is 1. The monoisotopic (exact) mass is 215 g/mol. The average molecular weight is 215 g/mol. The van der Waals surface area contributed by atoms with Crippen molar-refractivity contribution in [1.82, 2.24) is 4.57 Å². The third-order valence-electron chi connectivity index (χ3n) is 2.74. The summed E-state index contributed by atoms with van der Waals surface area (Å²) in [5.74, 6) is -0.893. The van der Waals surface area contributed by atoms with Crippen molar-refractivity contribution in [1.29, 1.82) is 0 Å². The molecule has 1 aromatic carbocycles. The highest BCUT2D eigenvalue weighted by atomic mass is 16.4. The summed E-state index contributed by atoms with van der Waals surface area (Å²) < 4.78 is 1.78. The predicted molar refractivity (Wildman–Crippen MR) is 63.8 cm³/mol. The number of aryl methyl sites for hydroxylation is 1. The fourth-order valence-corrected chi connectivity index (χ4v) is 2.07. The standard InChI is InChI=1S/C13H13NO2/c1-3-8-14-11-7-5-4-6-10(11)9(2)12(14)13(15)16/h3-7H,1,8H2,2H3,(H,15,16). The van der Waals surface area contributed by atoms with E-state index in [-0.39, 0.29) is 0 Å². The van der Waals surface area contributed by atoms with Crippen LogP contribution < -0.4 is 0 Å². The van der Waals surface area contributed by atoms with Crippen molar-refractivity contribution < 1.29 is 9.90 Å². The molecule has 0 saturated heterocycles. The minimum atomic E-state index is -0.893. The van der Waals surface area contributed by atoms with Gasteiger partial charge in [0, 0.05) is 17.4 Å². The van der Waals surface area contributed by atoms with Crippen LogP contribution in [0.2, 0.25) is 0 Å². The summed E-state index contributed by atoms with van der Waals surface area (Å²) in [6, 6.07) is 7.70. The van der Waals surface area contributed by atoms with Gasteiger partial charge < -0.3 is 9.67 Å². The molecule has 82 valence electrons. The first-order chi connectivity index (χ1) is 7.66. The molecular weight excluding hydrogens is 202 g/mol. The molecule has 3 nitrogen and oxygen atoms in total. The number of para-hydroxylation sites is 1. The minimum absolute atomic E-state index is 0.348. The molecule has 1 heterocycles. The molecule has 0 spiro atoms. The van der Waals surface area contributed by atoms with Crippen LogP contribution in [0.15, 0.2) is 36.9 Å². The molecule has 0 saturated carbocycles. The van der Waals surface area contributed by atoms with Crippen molar-refractivity contribution in [2.24, 2.45) is 0 Å². The molecule has 1 aromatic heterocycles. The van der Waals surface area contributed by atoms with E-state index in [1.54, 1.807) is 10.6 Å². The number of carboxylic acids is 1. The number of carbonyl (C=O) groups is 1. The van der Waals surface area contributed by atoms with E-state index < -0.39 is 5.97 Å². The van der Waals surface area contributed by atoms with Gasteiger partial charge in [-0.05, 0) is 18.6 Å². The first-order valence-corrected chi connectivity index (χ1v) is 5.09. The van der Waals surface area contributed by atoms with E-state index in [0.717, 1.165) is 16.5 Å². The van der Waals surface area contributed by atoms with Crippen molar-refractivity contribution in [3.05, 3.63) is 48.2 Å². The quantitative estimate of drug-likeness (QED) is 0.800. The molecular formula is C13H13NO2. The van der Waals surface area contributed by atoms with Crippen molar-refractivity contribution in [2.75, 3.05) is 0 Å². The molecule has 0 aliphatic rings. The zero-order chi connectivity index (χ0) is 11.7. The lowest BCUT2D eigenvalue weighted by molar-refractivity contribution is 0.0685. The number of aromatic nitrogens is 1. The summed E-state index contributed by atoms with van der Waals surface area (Å²) in [7, 11) is 0. The number of fused-ring (bicyclic) bond motifs is 1. The highest BCUT2D eigenvalue weighted by Gasteiger charge is 2.18. The van der Waals surface area contributed by atoms with E-state index in [1.165, 1.54) is 0 Å². The summed E-state index contributed by atoms with van der Waals surface area (Å²) in [5, 5.41) is 10.2. The molecule has 1 N–H and O–H groups in total. The van der Waals surface area contributed by atoms with Crippen molar-refractivity contribution >= 4 is 16.9 Å². The maximum absolute atomic E-state index is 11.2. The van der Waals surface area contributed by atoms with Crippen LogP contribution in [0.5, 0.6) is 0 Å². The number of benzene rings is 1. The summed E-state index contributed by atoms with van der Waals surface area (Å²) in [6.07, 6.45) is 1.71. The zero-order valence-corrected chi connectivity index (χ0v) is 9.10. The van der Waals surface area contributed by atoms with E-state index in [9.17, 15) is 9.90 Å². The van der Waals surface area contributed by atoms with Gasteiger partial charge in [0.15, 0.2) is 0 Å².